The zero-order valence-corrected chi connectivity index (χ0v) is 13.4. The lowest BCUT2D eigenvalue weighted by molar-refractivity contribution is -0.142. The van der Waals surface area contributed by atoms with Crippen molar-refractivity contribution in [3.63, 3.8) is 0 Å². The Morgan fingerprint density at radius 2 is 1.74 bits per heavy atom. The van der Waals surface area contributed by atoms with Gasteiger partial charge in [-0.15, -0.1) is 0 Å². The Morgan fingerprint density at radius 1 is 1.16 bits per heavy atom. The quantitative estimate of drug-likeness (QED) is 0.239. The van der Waals surface area contributed by atoms with Crippen LogP contribution in [0.25, 0.3) is 0 Å². The molecule has 0 spiro atoms. The monoisotopic (exact) mass is 287 g/mol. The largest absolute Gasteiger partial charge is 0.460 e. The third kappa shape index (κ3) is 10.9. The Hall–Kier alpha value is -0.653. The Balaban J connectivity index is 3.35. The van der Waals surface area contributed by atoms with Crippen molar-refractivity contribution in [3.05, 3.63) is 12.7 Å². The van der Waals surface area contributed by atoms with Gasteiger partial charge in [-0.1, -0.05) is 32.3 Å². The maximum atomic E-state index is 11.0. The molecule has 0 saturated heterocycles. The molecule has 0 rings (SSSR count). The molecule has 19 heavy (non-hydrogen) atoms. The molecule has 0 amide bonds. The van der Waals surface area contributed by atoms with Crippen molar-refractivity contribution in [3.8, 4) is 0 Å². The van der Waals surface area contributed by atoms with E-state index in [1.54, 1.807) is 14.2 Å². The molecular weight excluding hydrogens is 260 g/mol. The van der Waals surface area contributed by atoms with E-state index in [-0.39, 0.29) is 12.1 Å². The third-order valence-electron chi connectivity index (χ3n) is 2.93. The van der Waals surface area contributed by atoms with E-state index in [4.69, 9.17) is 13.6 Å². The Bertz CT molecular complexity index is 242. The van der Waals surface area contributed by atoms with Crippen molar-refractivity contribution in [2.75, 3.05) is 14.2 Å². The first kappa shape index (κ1) is 18.3. The smallest absolute Gasteiger partial charge is 0.384 e. The standard InChI is InChI=1S/C14H27O4Si/c1-5-14(15)18-13(2)11-9-7-6-8-10-12-19(16-3)17-4/h5,13H,1,6-12H2,2-4H3. The summed E-state index contributed by atoms with van der Waals surface area (Å²) in [4.78, 5) is 11.0. The number of hydrogen-bond acceptors (Lipinski definition) is 4. The van der Waals surface area contributed by atoms with Gasteiger partial charge in [0.25, 0.3) is 0 Å². The molecule has 0 aliphatic heterocycles. The highest BCUT2D eigenvalue weighted by Crippen LogP contribution is 2.12. The van der Waals surface area contributed by atoms with Crippen molar-refractivity contribution >= 4 is 15.3 Å². The van der Waals surface area contributed by atoms with Crippen LogP contribution in [0.3, 0.4) is 0 Å². The van der Waals surface area contributed by atoms with Gasteiger partial charge in [0.2, 0.25) is 0 Å². The summed E-state index contributed by atoms with van der Waals surface area (Å²) in [7, 11) is 2.41. The van der Waals surface area contributed by atoms with Gasteiger partial charge in [-0.25, -0.2) is 4.79 Å². The Morgan fingerprint density at radius 3 is 2.32 bits per heavy atom. The molecule has 4 nitrogen and oxygen atoms in total. The van der Waals surface area contributed by atoms with Crippen LogP contribution in [0.5, 0.6) is 0 Å². The number of hydrogen-bond donors (Lipinski definition) is 0. The van der Waals surface area contributed by atoms with Crippen molar-refractivity contribution in [2.45, 2.75) is 57.6 Å². The van der Waals surface area contributed by atoms with Gasteiger partial charge in [0.15, 0.2) is 0 Å². The topological polar surface area (TPSA) is 44.8 Å². The Kier molecular flexibility index (Phi) is 12.0. The maximum absolute atomic E-state index is 11.0. The van der Waals surface area contributed by atoms with E-state index in [9.17, 15) is 4.79 Å². The van der Waals surface area contributed by atoms with E-state index in [0.717, 1.165) is 25.3 Å². The van der Waals surface area contributed by atoms with Crippen molar-refractivity contribution in [1.29, 1.82) is 0 Å². The third-order valence-corrected chi connectivity index (χ3v) is 4.60. The van der Waals surface area contributed by atoms with E-state index in [2.05, 4.69) is 6.58 Å². The first-order valence-electron chi connectivity index (χ1n) is 6.90. The fraction of sp³-hybridized carbons (Fsp3) is 0.786. The van der Waals surface area contributed by atoms with E-state index >= 15 is 0 Å². The molecule has 111 valence electrons. The summed E-state index contributed by atoms with van der Waals surface area (Å²) < 4.78 is 15.6. The molecule has 0 N–H and O–H groups in total. The zero-order valence-electron chi connectivity index (χ0n) is 12.4. The van der Waals surface area contributed by atoms with Crippen LogP contribution in [0.4, 0.5) is 0 Å². The molecule has 5 heteroatoms. The van der Waals surface area contributed by atoms with E-state index in [0.29, 0.717) is 0 Å². The minimum atomic E-state index is -1.01. The number of carbonyl (C=O) groups is 1. The zero-order chi connectivity index (χ0) is 14.5. The number of rotatable bonds is 12. The summed E-state index contributed by atoms with van der Waals surface area (Å²) in [6.45, 7) is 5.30. The lowest BCUT2D eigenvalue weighted by Crippen LogP contribution is -2.18. The second-order valence-corrected chi connectivity index (χ2v) is 6.60. The summed E-state index contributed by atoms with van der Waals surface area (Å²) in [6, 6.07) is 1.05. The minimum absolute atomic E-state index is 0.0118. The van der Waals surface area contributed by atoms with E-state index in [1.807, 2.05) is 6.92 Å². The molecule has 0 fully saturated rings. The van der Waals surface area contributed by atoms with Gasteiger partial charge >= 0.3 is 15.3 Å². The predicted molar refractivity (Wildman–Crippen MR) is 78.0 cm³/mol. The van der Waals surface area contributed by atoms with Crippen molar-refractivity contribution in [1.82, 2.24) is 0 Å². The summed E-state index contributed by atoms with van der Waals surface area (Å²) in [5, 5.41) is 0. The molecule has 0 aromatic heterocycles. The molecule has 0 bridgehead atoms. The highest BCUT2D eigenvalue weighted by atomic mass is 28.3. The van der Waals surface area contributed by atoms with Gasteiger partial charge in [0, 0.05) is 20.3 Å². The molecule has 1 atom stereocenters. The second kappa shape index (κ2) is 12.4. The SMILES string of the molecule is C=CC(=O)OC(C)CCCCCCC[Si](OC)OC. The minimum Gasteiger partial charge on any atom is -0.460 e. The number of carbonyl (C=O) groups excluding carboxylic acids is 1. The van der Waals surface area contributed by atoms with Crippen LogP contribution in [0.2, 0.25) is 6.04 Å². The normalized spacial score (nSPS) is 12.4. The first-order chi connectivity index (χ1) is 9.13. The summed E-state index contributed by atoms with van der Waals surface area (Å²) >= 11 is 0. The average Bonchev–Trinajstić information content (AvgIpc) is 2.41. The first-order valence-corrected chi connectivity index (χ1v) is 8.43. The lowest BCUT2D eigenvalue weighted by Gasteiger charge is -2.11. The molecule has 0 saturated carbocycles. The van der Waals surface area contributed by atoms with Crippen LogP contribution < -0.4 is 0 Å². The van der Waals surface area contributed by atoms with E-state index < -0.39 is 9.28 Å². The summed E-state index contributed by atoms with van der Waals surface area (Å²) in [5.74, 6) is -0.332. The van der Waals surface area contributed by atoms with Crippen LogP contribution in [0, 0.1) is 0 Å². The van der Waals surface area contributed by atoms with Gasteiger partial charge in [0.05, 0.1) is 6.10 Å². The summed E-state index contributed by atoms with van der Waals surface area (Å²) in [5.41, 5.74) is 0. The van der Waals surface area contributed by atoms with E-state index in [1.165, 1.54) is 25.3 Å². The highest BCUT2D eigenvalue weighted by Gasteiger charge is 2.10. The van der Waals surface area contributed by atoms with Gasteiger partial charge < -0.3 is 13.6 Å². The molecule has 0 aromatic carbocycles. The average molecular weight is 287 g/mol. The van der Waals surface area contributed by atoms with Crippen LogP contribution in [0.1, 0.15) is 45.4 Å². The van der Waals surface area contributed by atoms with Crippen LogP contribution >= 0.6 is 0 Å². The lowest BCUT2D eigenvalue weighted by atomic mass is 10.1. The van der Waals surface area contributed by atoms with Crippen molar-refractivity contribution in [2.24, 2.45) is 0 Å². The fourth-order valence-corrected chi connectivity index (χ4v) is 2.94. The predicted octanol–water partition coefficient (Wildman–Crippen LogP) is 3.23. The fourth-order valence-electron chi connectivity index (χ4n) is 1.82. The number of ether oxygens (including phenoxy) is 1. The Labute approximate surface area is 119 Å². The molecule has 0 aliphatic carbocycles. The molecular formula is C14H27O4Si. The molecule has 1 radical (unpaired) electrons. The molecule has 0 aromatic rings. The van der Waals surface area contributed by atoms with Crippen LogP contribution in [-0.4, -0.2) is 35.6 Å². The van der Waals surface area contributed by atoms with Crippen molar-refractivity contribution < 1.29 is 18.4 Å². The molecule has 0 aliphatic rings. The maximum Gasteiger partial charge on any atom is 0.384 e. The molecule has 1 unspecified atom stereocenters. The van der Waals surface area contributed by atoms with Gasteiger partial charge in [-0.2, -0.15) is 0 Å². The second-order valence-electron chi connectivity index (χ2n) is 4.54. The van der Waals surface area contributed by atoms with Gasteiger partial charge in [-0.3, -0.25) is 0 Å². The molecule has 0 heterocycles. The number of esters is 1. The highest BCUT2D eigenvalue weighted by molar-refractivity contribution is 6.44. The summed E-state index contributed by atoms with van der Waals surface area (Å²) in [6.07, 6.45) is 7.98. The van der Waals surface area contributed by atoms with Crippen LogP contribution in [-0.2, 0) is 18.4 Å². The van der Waals surface area contributed by atoms with Crippen LogP contribution in [0.15, 0.2) is 12.7 Å². The van der Waals surface area contributed by atoms with Gasteiger partial charge in [-0.05, 0) is 25.8 Å². The van der Waals surface area contributed by atoms with Gasteiger partial charge in [0.1, 0.15) is 0 Å². The number of unbranched alkanes of at least 4 members (excludes halogenated alkanes) is 4.